The molecule has 0 bridgehead atoms. The van der Waals surface area contributed by atoms with Gasteiger partial charge in [0, 0.05) is 43.4 Å². The maximum Gasteiger partial charge on any atom is 0.274 e. The van der Waals surface area contributed by atoms with E-state index in [2.05, 4.69) is 9.71 Å². The first-order chi connectivity index (χ1) is 13.2. The van der Waals surface area contributed by atoms with E-state index in [4.69, 9.17) is 11.6 Å². The molecule has 1 aromatic heterocycles. The zero-order valence-corrected chi connectivity index (χ0v) is 16.8. The van der Waals surface area contributed by atoms with E-state index in [1.54, 1.807) is 0 Å². The normalized spacial score (nSPS) is 17.6. The van der Waals surface area contributed by atoms with Gasteiger partial charge >= 0.3 is 0 Å². The number of alkyl halides is 2. The number of carbonyl (C=O) groups is 1. The van der Waals surface area contributed by atoms with Gasteiger partial charge in [-0.1, -0.05) is 11.6 Å². The lowest BCUT2D eigenvalue weighted by atomic mass is 9.76. The molecule has 1 heterocycles. The summed E-state index contributed by atoms with van der Waals surface area (Å²) in [4.78, 5) is 15.7. The average molecular weight is 454 g/mol. The minimum absolute atomic E-state index is 0.0553. The van der Waals surface area contributed by atoms with Gasteiger partial charge in [-0.05, 0) is 19.1 Å². The van der Waals surface area contributed by atoms with Gasteiger partial charge in [0.2, 0.25) is 10.0 Å². The molecule has 1 fully saturated rings. The summed E-state index contributed by atoms with van der Waals surface area (Å²) in [6.45, 7) is 1.36. The van der Waals surface area contributed by atoms with Crippen LogP contribution in [0.2, 0.25) is 5.02 Å². The van der Waals surface area contributed by atoms with Gasteiger partial charge in [-0.3, -0.25) is 4.79 Å². The standard InChI is InChI=1S/C17H16ClF4N3O3S/c1-16(7-17(21,22)8-16)24-29(27,28)10-5-13(23-6-10)15(26)25(2)9-3-11(18)14(20)12(19)4-9/h3-6,23-24H,7-8H2,1-2H3. The number of hydrogen-bond donors (Lipinski definition) is 2. The summed E-state index contributed by atoms with van der Waals surface area (Å²) < 4.78 is 80.2. The largest absolute Gasteiger partial charge is 0.356 e. The van der Waals surface area contributed by atoms with Crippen molar-refractivity contribution >= 4 is 33.2 Å². The van der Waals surface area contributed by atoms with Crippen molar-refractivity contribution in [2.45, 2.75) is 36.1 Å². The van der Waals surface area contributed by atoms with Gasteiger partial charge < -0.3 is 9.88 Å². The summed E-state index contributed by atoms with van der Waals surface area (Å²) >= 11 is 5.58. The van der Waals surface area contributed by atoms with E-state index in [-0.39, 0.29) is 16.3 Å². The summed E-state index contributed by atoms with van der Waals surface area (Å²) in [5.41, 5.74) is -1.51. The van der Waals surface area contributed by atoms with Crippen LogP contribution in [0.3, 0.4) is 0 Å². The lowest BCUT2D eigenvalue weighted by Gasteiger charge is -2.44. The van der Waals surface area contributed by atoms with Crippen LogP contribution in [0.15, 0.2) is 29.3 Å². The van der Waals surface area contributed by atoms with Crippen LogP contribution in [0.4, 0.5) is 23.2 Å². The predicted molar refractivity (Wildman–Crippen MR) is 97.8 cm³/mol. The minimum Gasteiger partial charge on any atom is -0.356 e. The second-order valence-corrected chi connectivity index (χ2v) is 9.30. The number of halogens is 5. The van der Waals surface area contributed by atoms with Crippen LogP contribution < -0.4 is 9.62 Å². The van der Waals surface area contributed by atoms with Crippen molar-refractivity contribution in [2.24, 2.45) is 0 Å². The summed E-state index contributed by atoms with van der Waals surface area (Å²) in [5.74, 6) is -6.19. The third-order valence-electron chi connectivity index (χ3n) is 4.54. The first-order valence-electron chi connectivity index (χ1n) is 8.26. The molecule has 0 unspecified atom stereocenters. The molecule has 0 saturated heterocycles. The zero-order chi connectivity index (χ0) is 21.8. The van der Waals surface area contributed by atoms with Gasteiger partial charge in [0.1, 0.15) is 10.6 Å². The predicted octanol–water partition coefficient (Wildman–Crippen LogP) is 3.69. The van der Waals surface area contributed by atoms with Crippen LogP contribution in [0.5, 0.6) is 0 Å². The Bertz CT molecular complexity index is 1060. The van der Waals surface area contributed by atoms with Gasteiger partial charge in [0.25, 0.3) is 11.8 Å². The molecule has 0 radical (unpaired) electrons. The number of carbonyl (C=O) groups excluding carboxylic acids is 1. The third kappa shape index (κ3) is 4.26. The number of rotatable bonds is 5. The van der Waals surface area contributed by atoms with E-state index in [1.807, 2.05) is 0 Å². The molecule has 2 N–H and O–H groups in total. The molecule has 1 aliphatic rings. The third-order valence-corrected chi connectivity index (χ3v) is 6.43. The van der Waals surface area contributed by atoms with Crippen molar-refractivity contribution in [3.8, 4) is 0 Å². The van der Waals surface area contributed by atoms with Crippen molar-refractivity contribution in [1.29, 1.82) is 0 Å². The highest BCUT2D eigenvalue weighted by Gasteiger charge is 2.55. The number of aromatic amines is 1. The fourth-order valence-electron chi connectivity index (χ4n) is 3.23. The SMILES string of the molecule is CN(C(=O)c1cc(S(=O)(=O)NC2(C)CC(F)(F)C2)c[nH]1)c1cc(F)c(F)c(Cl)c1. The molecular weight excluding hydrogens is 438 g/mol. The van der Waals surface area contributed by atoms with Crippen molar-refractivity contribution in [3.05, 3.63) is 46.7 Å². The van der Waals surface area contributed by atoms with E-state index in [9.17, 15) is 30.8 Å². The Morgan fingerprint density at radius 1 is 1.24 bits per heavy atom. The van der Waals surface area contributed by atoms with Crippen LogP contribution in [-0.4, -0.2) is 37.8 Å². The highest BCUT2D eigenvalue weighted by atomic mass is 35.5. The highest BCUT2D eigenvalue weighted by molar-refractivity contribution is 7.89. The Kier molecular flexibility index (Phi) is 5.21. The van der Waals surface area contributed by atoms with Gasteiger partial charge in [-0.15, -0.1) is 0 Å². The van der Waals surface area contributed by atoms with E-state index in [1.165, 1.54) is 14.0 Å². The Hall–Kier alpha value is -2.11. The molecule has 1 aromatic carbocycles. The molecule has 158 valence electrons. The molecule has 1 saturated carbocycles. The number of anilines is 1. The number of nitrogens with zero attached hydrogens (tertiary/aromatic N) is 1. The van der Waals surface area contributed by atoms with E-state index in [0.29, 0.717) is 0 Å². The van der Waals surface area contributed by atoms with E-state index < -0.39 is 56.9 Å². The van der Waals surface area contributed by atoms with Crippen LogP contribution in [0.25, 0.3) is 0 Å². The van der Waals surface area contributed by atoms with Gasteiger partial charge in [-0.25, -0.2) is 30.7 Å². The summed E-state index contributed by atoms with van der Waals surface area (Å²) in [6.07, 6.45) is -0.230. The van der Waals surface area contributed by atoms with Crippen molar-refractivity contribution in [2.75, 3.05) is 11.9 Å². The summed E-state index contributed by atoms with van der Waals surface area (Å²) in [7, 11) is -2.91. The Morgan fingerprint density at radius 3 is 2.41 bits per heavy atom. The molecular formula is C17H16ClF4N3O3S. The molecule has 1 amide bonds. The zero-order valence-electron chi connectivity index (χ0n) is 15.2. The molecule has 0 aliphatic heterocycles. The first kappa shape index (κ1) is 21.6. The van der Waals surface area contributed by atoms with E-state index >= 15 is 0 Å². The second-order valence-electron chi connectivity index (χ2n) is 7.21. The maximum atomic E-state index is 13.5. The molecule has 0 atom stereocenters. The second kappa shape index (κ2) is 6.99. The van der Waals surface area contributed by atoms with Gasteiger partial charge in [0.15, 0.2) is 11.6 Å². The number of sulfonamides is 1. The Balaban J connectivity index is 1.79. The van der Waals surface area contributed by atoms with Crippen molar-refractivity contribution in [1.82, 2.24) is 9.71 Å². The first-order valence-corrected chi connectivity index (χ1v) is 10.1. The van der Waals surface area contributed by atoms with Crippen molar-refractivity contribution in [3.63, 3.8) is 0 Å². The number of benzene rings is 1. The lowest BCUT2D eigenvalue weighted by Crippen LogP contribution is -2.60. The quantitative estimate of drug-likeness (QED) is 0.535. The number of amides is 1. The maximum absolute atomic E-state index is 13.5. The number of nitrogens with one attached hydrogen (secondary N) is 2. The fraction of sp³-hybridized carbons (Fsp3) is 0.353. The number of aromatic nitrogens is 1. The molecule has 6 nitrogen and oxygen atoms in total. The Morgan fingerprint density at radius 2 is 1.86 bits per heavy atom. The molecule has 1 aliphatic carbocycles. The lowest BCUT2D eigenvalue weighted by molar-refractivity contribution is -0.121. The monoisotopic (exact) mass is 453 g/mol. The molecule has 3 rings (SSSR count). The van der Waals surface area contributed by atoms with Gasteiger partial charge in [0.05, 0.1) is 5.02 Å². The topological polar surface area (TPSA) is 82.3 Å². The van der Waals surface area contributed by atoms with Crippen LogP contribution >= 0.6 is 11.6 Å². The van der Waals surface area contributed by atoms with Crippen molar-refractivity contribution < 1.29 is 30.8 Å². The molecule has 0 spiro atoms. The number of H-pyrrole nitrogens is 1. The summed E-state index contributed by atoms with van der Waals surface area (Å²) in [6, 6.07) is 2.82. The van der Waals surface area contributed by atoms with Crippen LogP contribution in [-0.2, 0) is 10.0 Å². The smallest absolute Gasteiger partial charge is 0.274 e. The molecule has 2 aromatic rings. The summed E-state index contributed by atoms with van der Waals surface area (Å²) in [5, 5.41) is -0.524. The minimum atomic E-state index is -4.17. The average Bonchev–Trinajstić information content (AvgIpc) is 3.06. The fourth-order valence-corrected chi connectivity index (χ4v) is 4.83. The number of hydrogen-bond acceptors (Lipinski definition) is 3. The molecule has 29 heavy (non-hydrogen) atoms. The Labute approximate surface area is 168 Å². The van der Waals surface area contributed by atoms with E-state index in [0.717, 1.165) is 29.3 Å². The van der Waals surface area contributed by atoms with Gasteiger partial charge in [-0.2, -0.15) is 0 Å². The van der Waals surface area contributed by atoms with Crippen LogP contribution in [0.1, 0.15) is 30.3 Å². The molecule has 12 heteroatoms. The van der Waals surface area contributed by atoms with Crippen LogP contribution in [0, 0.1) is 11.6 Å². The highest BCUT2D eigenvalue weighted by Crippen LogP contribution is 2.45.